The fourth-order valence-corrected chi connectivity index (χ4v) is 5.38. The second-order valence-electron chi connectivity index (χ2n) is 5.67. The Labute approximate surface area is 117 Å². The molecule has 0 aliphatic heterocycles. The van der Waals surface area contributed by atoms with Gasteiger partial charge in [0.1, 0.15) is 11.4 Å². The lowest BCUT2D eigenvalue weighted by molar-refractivity contribution is 0.126. The largest absolute Gasteiger partial charge is 0.487 e. The molecule has 0 amide bonds. The Balaban J connectivity index is 3.19. The molecule has 1 aromatic carbocycles. The summed E-state index contributed by atoms with van der Waals surface area (Å²) in [5.74, 6) is 0.665. The van der Waals surface area contributed by atoms with E-state index in [1.165, 1.54) is 0 Å². The van der Waals surface area contributed by atoms with Gasteiger partial charge in [0.25, 0.3) is 10.1 Å². The molecule has 19 heavy (non-hydrogen) atoms. The molecule has 0 unspecified atom stereocenters. The van der Waals surface area contributed by atoms with Crippen LogP contribution < -0.4 is 4.74 Å². The van der Waals surface area contributed by atoms with Gasteiger partial charge in [-0.05, 0) is 45.4 Å². The molecule has 0 fully saturated rings. The van der Waals surface area contributed by atoms with Crippen molar-refractivity contribution < 1.29 is 16.8 Å². The molecule has 0 saturated carbocycles. The second kappa shape index (κ2) is 5.34. The number of para-hydroxylation sites is 1. The fourth-order valence-electron chi connectivity index (χ4n) is 1.62. The second-order valence-corrected chi connectivity index (χ2v) is 10.5. The van der Waals surface area contributed by atoms with Crippen molar-refractivity contribution in [1.29, 1.82) is 0 Å². The van der Waals surface area contributed by atoms with Crippen LogP contribution in [-0.4, -0.2) is 32.8 Å². The predicted octanol–water partition coefficient (Wildman–Crippen LogP) is 3.18. The van der Waals surface area contributed by atoms with Gasteiger partial charge in [-0.25, -0.2) is 3.63 Å². The fraction of sp³-hybridized carbons (Fsp3) is 0.538. The summed E-state index contributed by atoms with van der Waals surface area (Å²) >= 11 is 0. The summed E-state index contributed by atoms with van der Waals surface area (Å²) in [6.45, 7) is 5.84. The Morgan fingerprint density at radius 1 is 1.00 bits per heavy atom. The Kier molecular flexibility index (Phi) is 4.59. The summed E-state index contributed by atoms with van der Waals surface area (Å²) < 4.78 is 33.9. The van der Waals surface area contributed by atoms with Crippen LogP contribution in [0.5, 0.6) is 5.75 Å². The van der Waals surface area contributed by atoms with Crippen LogP contribution >= 0.6 is 10.3 Å². The maximum absolute atomic E-state index is 11.4. The average Bonchev–Trinajstić information content (AvgIpc) is 2.11. The summed E-state index contributed by atoms with van der Waals surface area (Å²) in [6.07, 6.45) is 4.65. The van der Waals surface area contributed by atoms with Crippen molar-refractivity contribution in [2.24, 2.45) is 0 Å². The summed E-state index contributed by atoms with van der Waals surface area (Å²) in [7, 11) is -5.44. The van der Waals surface area contributed by atoms with Gasteiger partial charge in [-0.15, -0.1) is 0 Å². The number of benzene rings is 1. The first kappa shape index (κ1) is 16.3. The maximum Gasteiger partial charge on any atom is 0.273 e. The van der Waals surface area contributed by atoms with Crippen LogP contribution in [0.25, 0.3) is 0 Å². The highest BCUT2D eigenvalue weighted by molar-refractivity contribution is 8.32. The van der Waals surface area contributed by atoms with Crippen molar-refractivity contribution in [2.75, 3.05) is 18.8 Å². The molecule has 110 valence electrons. The predicted molar refractivity (Wildman–Crippen MR) is 80.5 cm³/mol. The smallest absolute Gasteiger partial charge is 0.273 e. The molecule has 0 aliphatic carbocycles. The van der Waals surface area contributed by atoms with Gasteiger partial charge < -0.3 is 4.74 Å². The molecule has 0 radical (unpaired) electrons. The molecular formula is C13H22O4S2. The Hall–Kier alpha value is -0.720. The summed E-state index contributed by atoms with van der Waals surface area (Å²) in [5, 5.41) is 0. The van der Waals surface area contributed by atoms with Crippen LogP contribution in [0.1, 0.15) is 20.8 Å². The summed E-state index contributed by atoms with van der Waals surface area (Å²) in [4.78, 5) is 0.787. The van der Waals surface area contributed by atoms with Gasteiger partial charge in [0.2, 0.25) is 0 Å². The Morgan fingerprint density at radius 2 is 1.53 bits per heavy atom. The van der Waals surface area contributed by atoms with E-state index in [0.717, 1.165) is 11.2 Å². The molecule has 0 bridgehead atoms. The third-order valence-electron chi connectivity index (χ3n) is 2.09. The van der Waals surface area contributed by atoms with Crippen LogP contribution in [-0.2, 0) is 13.7 Å². The quantitative estimate of drug-likeness (QED) is 0.857. The lowest BCUT2D eigenvalue weighted by atomic mass is 10.2. The van der Waals surface area contributed by atoms with Crippen molar-refractivity contribution in [3.63, 3.8) is 0 Å². The van der Waals surface area contributed by atoms with E-state index >= 15 is 0 Å². The standard InChI is InChI=1S/C13H22O4S2/c1-13(2,3)16-11-9-7-8-10-12(11)18(4,5)17-19(6,14)15/h7-10H,1-6H3. The summed E-state index contributed by atoms with van der Waals surface area (Å²) in [5.41, 5.74) is -0.350. The minimum absolute atomic E-state index is 0.350. The van der Waals surface area contributed by atoms with E-state index in [1.807, 2.05) is 45.0 Å². The monoisotopic (exact) mass is 306 g/mol. The van der Waals surface area contributed by atoms with Gasteiger partial charge >= 0.3 is 0 Å². The molecule has 4 nitrogen and oxygen atoms in total. The van der Waals surface area contributed by atoms with E-state index in [-0.39, 0.29) is 5.60 Å². The minimum atomic E-state index is -3.51. The minimum Gasteiger partial charge on any atom is -0.487 e. The zero-order valence-electron chi connectivity index (χ0n) is 12.3. The van der Waals surface area contributed by atoms with Crippen molar-refractivity contribution in [1.82, 2.24) is 0 Å². The number of hydrogen-bond acceptors (Lipinski definition) is 4. The first-order valence-electron chi connectivity index (χ1n) is 5.83. The average molecular weight is 306 g/mol. The van der Waals surface area contributed by atoms with Crippen LogP contribution in [0.4, 0.5) is 0 Å². The first-order valence-corrected chi connectivity index (χ1v) is 10.0. The van der Waals surface area contributed by atoms with Gasteiger partial charge in [-0.2, -0.15) is 8.42 Å². The van der Waals surface area contributed by atoms with Gasteiger partial charge in [-0.3, -0.25) is 0 Å². The van der Waals surface area contributed by atoms with Crippen molar-refractivity contribution in [3.8, 4) is 5.75 Å². The molecule has 0 spiro atoms. The lowest BCUT2D eigenvalue weighted by Gasteiger charge is -2.33. The molecule has 0 saturated heterocycles. The Morgan fingerprint density at radius 3 is 2.00 bits per heavy atom. The molecule has 1 aromatic rings. The first-order chi connectivity index (χ1) is 8.41. The number of ether oxygens (including phenoxy) is 1. The number of hydrogen-bond donors (Lipinski definition) is 0. The summed E-state index contributed by atoms with van der Waals surface area (Å²) in [6, 6.07) is 7.40. The molecule has 0 atom stereocenters. The Bertz CT molecular complexity index is 542. The molecule has 0 heterocycles. The van der Waals surface area contributed by atoms with E-state index in [1.54, 1.807) is 12.5 Å². The zero-order valence-corrected chi connectivity index (χ0v) is 13.9. The van der Waals surface area contributed by atoms with Crippen LogP contribution in [0.2, 0.25) is 0 Å². The van der Waals surface area contributed by atoms with Crippen LogP contribution in [0.3, 0.4) is 0 Å². The topological polar surface area (TPSA) is 52.6 Å². The lowest BCUT2D eigenvalue weighted by Crippen LogP contribution is -2.24. The van der Waals surface area contributed by atoms with Gasteiger partial charge in [0.15, 0.2) is 0 Å². The van der Waals surface area contributed by atoms with E-state index in [2.05, 4.69) is 0 Å². The van der Waals surface area contributed by atoms with Crippen LogP contribution in [0.15, 0.2) is 29.2 Å². The molecule has 0 aromatic heterocycles. The van der Waals surface area contributed by atoms with E-state index < -0.39 is 20.4 Å². The molecule has 0 N–H and O–H groups in total. The third kappa shape index (κ3) is 5.42. The van der Waals surface area contributed by atoms with E-state index in [4.69, 9.17) is 8.37 Å². The van der Waals surface area contributed by atoms with Crippen molar-refractivity contribution in [3.05, 3.63) is 24.3 Å². The van der Waals surface area contributed by atoms with Crippen LogP contribution in [0, 0.1) is 0 Å². The highest BCUT2D eigenvalue weighted by Crippen LogP contribution is 2.55. The normalized spacial score (nSPS) is 14.2. The number of rotatable bonds is 4. The third-order valence-corrected chi connectivity index (χ3v) is 5.83. The SMILES string of the molecule is CC(C)(C)Oc1ccccc1S(C)(C)OS(C)(=O)=O. The highest BCUT2D eigenvalue weighted by atomic mass is 32.3. The van der Waals surface area contributed by atoms with Gasteiger partial charge in [0, 0.05) is 0 Å². The molecule has 6 heteroatoms. The molecule has 0 aliphatic rings. The molecule has 1 rings (SSSR count). The molecular weight excluding hydrogens is 284 g/mol. The van der Waals surface area contributed by atoms with E-state index in [9.17, 15) is 8.42 Å². The zero-order chi connectivity index (χ0) is 14.9. The van der Waals surface area contributed by atoms with Crippen molar-refractivity contribution >= 4 is 20.4 Å². The maximum atomic E-state index is 11.4. The van der Waals surface area contributed by atoms with E-state index in [0.29, 0.717) is 5.75 Å². The van der Waals surface area contributed by atoms with Gasteiger partial charge in [-0.1, -0.05) is 22.4 Å². The van der Waals surface area contributed by atoms with Crippen molar-refractivity contribution in [2.45, 2.75) is 31.3 Å². The van der Waals surface area contributed by atoms with Gasteiger partial charge in [0.05, 0.1) is 11.2 Å². The highest BCUT2D eigenvalue weighted by Gasteiger charge is 2.26.